The van der Waals surface area contributed by atoms with Gasteiger partial charge in [0.1, 0.15) is 23.3 Å². The van der Waals surface area contributed by atoms with E-state index < -0.39 is 53.3 Å². The van der Waals surface area contributed by atoms with Crippen molar-refractivity contribution in [3.05, 3.63) is 120 Å². The molecule has 2 unspecified atom stereocenters. The number of esters is 2. The van der Waals surface area contributed by atoms with Crippen LogP contribution in [0.15, 0.2) is 109 Å². The second-order valence-electron chi connectivity index (χ2n) is 14.7. The topological polar surface area (TPSA) is 138 Å². The van der Waals surface area contributed by atoms with E-state index in [0.717, 1.165) is 38.3 Å². The normalized spacial score (nSPS) is 12.1. The molecule has 55 heavy (non-hydrogen) atoms. The fourth-order valence-corrected chi connectivity index (χ4v) is 5.37. The van der Waals surface area contributed by atoms with Crippen molar-refractivity contribution in [2.24, 2.45) is 0 Å². The van der Waals surface area contributed by atoms with Gasteiger partial charge in [-0.1, -0.05) is 109 Å². The first-order chi connectivity index (χ1) is 25.9. The molecular formula is C44H52N2O9. The maximum absolute atomic E-state index is 12.6. The van der Waals surface area contributed by atoms with Crippen LogP contribution in [-0.4, -0.2) is 72.4 Å². The van der Waals surface area contributed by atoms with Crippen LogP contribution in [0.1, 0.15) is 59.6 Å². The number of alkyl carbamates (subject to hydrolysis) is 1. The van der Waals surface area contributed by atoms with E-state index in [0.29, 0.717) is 6.42 Å². The number of methoxy groups -OCH3 is 2. The van der Waals surface area contributed by atoms with E-state index in [1.54, 1.807) is 41.5 Å². The average Bonchev–Trinajstić information content (AvgIpc) is 3.13. The van der Waals surface area contributed by atoms with E-state index in [1.807, 2.05) is 109 Å². The predicted molar refractivity (Wildman–Crippen MR) is 211 cm³/mol. The van der Waals surface area contributed by atoms with Crippen LogP contribution in [0.3, 0.4) is 0 Å². The summed E-state index contributed by atoms with van der Waals surface area (Å²) in [6.07, 6.45) is -1.07. The first-order valence-electron chi connectivity index (χ1n) is 17.9. The summed E-state index contributed by atoms with van der Waals surface area (Å²) in [5.41, 5.74) is 4.57. The van der Waals surface area contributed by atoms with Crippen molar-refractivity contribution in [2.75, 3.05) is 14.2 Å². The van der Waals surface area contributed by atoms with Gasteiger partial charge in [0.05, 0.1) is 14.2 Å². The zero-order valence-corrected chi connectivity index (χ0v) is 33.1. The summed E-state index contributed by atoms with van der Waals surface area (Å²) in [6, 6.07) is 33.5. The lowest BCUT2D eigenvalue weighted by atomic mass is 10.00. The Hall–Kier alpha value is -5.97. The number of carbonyl (C=O) groups is 5. The number of nitrogens with zero attached hydrogens (tertiary/aromatic N) is 1. The van der Waals surface area contributed by atoms with Gasteiger partial charge in [-0.15, -0.1) is 0 Å². The van der Waals surface area contributed by atoms with Crippen molar-refractivity contribution in [1.82, 2.24) is 10.2 Å². The van der Waals surface area contributed by atoms with Crippen molar-refractivity contribution in [3.8, 4) is 22.3 Å². The molecule has 2 atom stereocenters. The van der Waals surface area contributed by atoms with Crippen LogP contribution in [-0.2, 0) is 46.2 Å². The van der Waals surface area contributed by atoms with Gasteiger partial charge in [-0.2, -0.15) is 0 Å². The molecule has 0 heterocycles. The molecule has 292 valence electrons. The summed E-state index contributed by atoms with van der Waals surface area (Å²) in [4.78, 5) is 62.0. The molecule has 4 aromatic rings. The maximum atomic E-state index is 12.6. The van der Waals surface area contributed by atoms with Crippen LogP contribution >= 0.6 is 0 Å². The zero-order valence-electron chi connectivity index (χ0n) is 33.1. The maximum Gasteiger partial charge on any atom is 0.417 e. The van der Waals surface area contributed by atoms with E-state index in [4.69, 9.17) is 18.9 Å². The number of hydrogen-bond acceptors (Lipinski definition) is 9. The van der Waals surface area contributed by atoms with Crippen molar-refractivity contribution in [2.45, 2.75) is 84.6 Å². The van der Waals surface area contributed by atoms with Gasteiger partial charge >= 0.3 is 24.1 Å². The molecule has 0 saturated heterocycles. The molecule has 11 nitrogen and oxygen atoms in total. The third-order valence-electron chi connectivity index (χ3n) is 7.88. The molecule has 0 fully saturated rings. The second-order valence-corrected chi connectivity index (χ2v) is 14.7. The molecule has 0 aliphatic heterocycles. The standard InChI is InChI=1S/C23H27NO5.C21H25NO4/c1-16(25)24(22(27)29-23(2,3)4)20(21(26)28-5)15-17-11-13-19(14-12-17)18-9-7-6-8-10-18;1-21(2,3)26-20(24)22-18(19(23)25-4)14-15-10-12-17(13-11-15)16-8-6-5-7-9-16/h6-14,20H,15H2,1-5H3;5-13,18H,14H2,1-4H3,(H,22,24). The molecule has 4 aromatic carbocycles. The van der Waals surface area contributed by atoms with Gasteiger partial charge in [-0.05, 0) is 74.9 Å². The molecule has 0 bridgehead atoms. The van der Waals surface area contributed by atoms with Gasteiger partial charge in [-0.25, -0.2) is 24.1 Å². The highest BCUT2D eigenvalue weighted by molar-refractivity contribution is 5.96. The first kappa shape index (κ1) is 43.4. The van der Waals surface area contributed by atoms with Crippen LogP contribution in [0.2, 0.25) is 0 Å². The zero-order chi connectivity index (χ0) is 40.8. The van der Waals surface area contributed by atoms with Crippen LogP contribution in [0, 0.1) is 0 Å². The van der Waals surface area contributed by atoms with E-state index in [9.17, 15) is 24.0 Å². The number of amides is 3. The largest absolute Gasteiger partial charge is 0.467 e. The number of carbonyl (C=O) groups excluding carboxylic acids is 5. The summed E-state index contributed by atoms with van der Waals surface area (Å²) >= 11 is 0. The van der Waals surface area contributed by atoms with E-state index in [-0.39, 0.29) is 6.42 Å². The Morgan fingerprint density at radius 2 is 0.964 bits per heavy atom. The number of nitrogens with one attached hydrogen (secondary N) is 1. The number of rotatable bonds is 10. The fourth-order valence-electron chi connectivity index (χ4n) is 5.37. The lowest BCUT2D eigenvalue weighted by molar-refractivity contribution is -0.151. The molecule has 0 aliphatic carbocycles. The molecule has 3 amide bonds. The van der Waals surface area contributed by atoms with Gasteiger partial charge in [0, 0.05) is 19.8 Å². The number of benzene rings is 4. The fraction of sp³-hybridized carbons (Fsp3) is 0.341. The van der Waals surface area contributed by atoms with Crippen molar-refractivity contribution in [3.63, 3.8) is 0 Å². The van der Waals surface area contributed by atoms with Crippen LogP contribution < -0.4 is 5.32 Å². The van der Waals surface area contributed by atoms with Crippen LogP contribution in [0.5, 0.6) is 0 Å². The molecule has 0 radical (unpaired) electrons. The third-order valence-corrected chi connectivity index (χ3v) is 7.88. The minimum Gasteiger partial charge on any atom is -0.467 e. The Labute approximate surface area is 323 Å². The Morgan fingerprint density at radius 1 is 0.564 bits per heavy atom. The SMILES string of the molecule is COC(=O)C(Cc1ccc(-c2ccccc2)cc1)N(C(C)=O)C(=O)OC(C)(C)C.COC(=O)C(Cc1ccc(-c2ccccc2)cc1)NC(=O)OC(C)(C)C. The highest BCUT2D eigenvalue weighted by Gasteiger charge is 2.37. The number of imide groups is 1. The van der Waals surface area contributed by atoms with Crippen LogP contribution in [0.4, 0.5) is 9.59 Å². The summed E-state index contributed by atoms with van der Waals surface area (Å²) in [6.45, 7) is 11.6. The van der Waals surface area contributed by atoms with Gasteiger partial charge < -0.3 is 24.3 Å². The Bertz CT molecular complexity index is 1860. The Balaban J connectivity index is 0.000000297. The predicted octanol–water partition coefficient (Wildman–Crippen LogP) is 8.18. The van der Waals surface area contributed by atoms with Gasteiger partial charge in [0.25, 0.3) is 0 Å². The molecule has 0 aromatic heterocycles. The summed E-state index contributed by atoms with van der Waals surface area (Å²) in [7, 11) is 2.52. The van der Waals surface area contributed by atoms with Crippen molar-refractivity contribution in [1.29, 1.82) is 0 Å². The first-order valence-corrected chi connectivity index (χ1v) is 17.9. The van der Waals surface area contributed by atoms with Crippen LogP contribution in [0.25, 0.3) is 22.3 Å². The highest BCUT2D eigenvalue weighted by atomic mass is 16.6. The number of ether oxygens (including phenoxy) is 4. The minimum atomic E-state index is -1.12. The quantitative estimate of drug-likeness (QED) is 0.126. The van der Waals surface area contributed by atoms with Gasteiger partial charge in [-0.3, -0.25) is 4.79 Å². The molecule has 1 N–H and O–H groups in total. The summed E-state index contributed by atoms with van der Waals surface area (Å²) in [5.74, 6) is -1.78. The molecule has 0 saturated carbocycles. The van der Waals surface area contributed by atoms with Crippen molar-refractivity contribution >= 4 is 30.0 Å². The Morgan fingerprint density at radius 3 is 1.35 bits per heavy atom. The van der Waals surface area contributed by atoms with Gasteiger partial charge in [0.15, 0.2) is 0 Å². The van der Waals surface area contributed by atoms with Gasteiger partial charge in [0.2, 0.25) is 5.91 Å². The summed E-state index contributed by atoms with van der Waals surface area (Å²) in [5, 5.41) is 2.58. The lowest BCUT2D eigenvalue weighted by Gasteiger charge is -2.30. The molecule has 4 rings (SSSR count). The molecule has 0 spiro atoms. The van der Waals surface area contributed by atoms with E-state index in [1.165, 1.54) is 21.1 Å². The monoisotopic (exact) mass is 752 g/mol. The molecule has 0 aliphatic rings. The molecular weight excluding hydrogens is 700 g/mol. The average molecular weight is 753 g/mol. The van der Waals surface area contributed by atoms with E-state index >= 15 is 0 Å². The smallest absolute Gasteiger partial charge is 0.417 e. The third kappa shape index (κ3) is 14.4. The number of hydrogen-bond donors (Lipinski definition) is 1. The lowest BCUT2D eigenvalue weighted by Crippen LogP contribution is -2.51. The highest BCUT2D eigenvalue weighted by Crippen LogP contribution is 2.23. The second kappa shape index (κ2) is 19.9. The van der Waals surface area contributed by atoms with E-state index in [2.05, 4.69) is 5.32 Å². The minimum absolute atomic E-state index is 0.126. The summed E-state index contributed by atoms with van der Waals surface area (Å²) < 4.78 is 20.2. The van der Waals surface area contributed by atoms with Crippen molar-refractivity contribution < 1.29 is 42.9 Å². The molecule has 11 heteroatoms. The Kier molecular flexibility index (Phi) is 15.7.